The minimum Gasteiger partial charge on any atom is -0.428 e. The van der Waals surface area contributed by atoms with E-state index in [2.05, 4.69) is 15.2 Å². The number of halogens is 6. The topological polar surface area (TPSA) is 84.8 Å². The fourth-order valence-corrected chi connectivity index (χ4v) is 3.85. The molecule has 0 spiro atoms. The smallest absolute Gasteiger partial charge is 0.428 e. The van der Waals surface area contributed by atoms with Crippen LogP contribution in [-0.4, -0.2) is 30.3 Å². The van der Waals surface area contributed by atoms with Crippen molar-refractivity contribution >= 4 is 11.7 Å². The van der Waals surface area contributed by atoms with E-state index in [9.17, 15) is 40.8 Å². The molecule has 0 saturated carbocycles. The highest BCUT2D eigenvalue weighted by atomic mass is 19.3. The molecule has 0 aliphatic heterocycles. The van der Waals surface area contributed by atoms with Gasteiger partial charge in [-0.05, 0) is 53.1 Å². The number of carbonyl (C=O) groups excluding carboxylic acids is 2. The molecule has 0 saturated heterocycles. The van der Waals surface area contributed by atoms with Gasteiger partial charge in [-0.3, -0.25) is 9.59 Å². The molecule has 3 aromatic carbocycles. The minimum atomic E-state index is -4.98. The summed E-state index contributed by atoms with van der Waals surface area (Å²) in [5.41, 5.74) is -1.69. The van der Waals surface area contributed by atoms with E-state index in [0.717, 1.165) is 31.2 Å². The number of Topliss-reactive ketones (excluding diaryl/α,β-unsaturated/α-hetero) is 1. The highest BCUT2D eigenvalue weighted by Gasteiger charge is 2.45. The number of hydrogen-bond donors (Lipinski definition) is 1. The Hall–Kier alpha value is -4.22. The summed E-state index contributed by atoms with van der Waals surface area (Å²) >= 11 is 0. The molecule has 2 atom stereocenters. The van der Waals surface area contributed by atoms with Crippen LogP contribution in [0.25, 0.3) is 0 Å². The van der Waals surface area contributed by atoms with Crippen LogP contribution in [0.3, 0.4) is 0 Å². The summed E-state index contributed by atoms with van der Waals surface area (Å²) in [5.74, 6) is -5.05. The molecule has 38 heavy (non-hydrogen) atoms. The number of rotatable bonds is 11. The summed E-state index contributed by atoms with van der Waals surface area (Å²) in [6, 6.07) is 12.6. The van der Waals surface area contributed by atoms with E-state index in [-0.39, 0.29) is 17.5 Å². The maximum atomic E-state index is 14.7. The van der Waals surface area contributed by atoms with Crippen molar-refractivity contribution in [1.82, 2.24) is 5.32 Å². The molecule has 3 rings (SSSR count). The van der Waals surface area contributed by atoms with E-state index in [1.54, 1.807) is 30.3 Å². The van der Waals surface area contributed by atoms with Gasteiger partial charge in [0.15, 0.2) is 5.78 Å². The molecule has 6 nitrogen and oxygen atoms in total. The molecule has 1 amide bonds. The summed E-state index contributed by atoms with van der Waals surface area (Å²) < 4.78 is 85.5. The van der Waals surface area contributed by atoms with Crippen LogP contribution in [0.15, 0.2) is 78.0 Å². The van der Waals surface area contributed by atoms with Gasteiger partial charge in [0.1, 0.15) is 17.4 Å². The zero-order valence-electron chi connectivity index (χ0n) is 19.6. The molecule has 1 N–H and O–H groups in total. The van der Waals surface area contributed by atoms with E-state index >= 15 is 0 Å². The first-order chi connectivity index (χ1) is 17.9. The highest BCUT2D eigenvalue weighted by molar-refractivity contribution is 6.05. The lowest BCUT2D eigenvalue weighted by Gasteiger charge is -2.37. The second-order valence-corrected chi connectivity index (χ2v) is 8.32. The van der Waals surface area contributed by atoms with Crippen LogP contribution < -0.4 is 10.1 Å². The van der Waals surface area contributed by atoms with Gasteiger partial charge in [0, 0.05) is 12.5 Å². The summed E-state index contributed by atoms with van der Waals surface area (Å²) in [7, 11) is 0. The van der Waals surface area contributed by atoms with Gasteiger partial charge in [-0.1, -0.05) is 42.5 Å². The Labute approximate surface area is 212 Å². The van der Waals surface area contributed by atoms with Gasteiger partial charge < -0.3 is 10.1 Å². The SMILES string of the molecule is CC(=O)C(N=O)C(=O)N[C@](Cc1ccccc1)(c1ccc(F)cc1)c1cc(F)cc(OC(F)(F)C(F)F)c1. The first-order valence-corrected chi connectivity index (χ1v) is 11.0. The van der Waals surface area contributed by atoms with E-state index in [4.69, 9.17) is 0 Å². The molecule has 200 valence electrons. The lowest BCUT2D eigenvalue weighted by Crippen LogP contribution is -2.52. The number of alkyl halides is 4. The van der Waals surface area contributed by atoms with Crippen molar-refractivity contribution in [2.45, 2.75) is 37.5 Å². The molecule has 1 unspecified atom stereocenters. The summed E-state index contributed by atoms with van der Waals surface area (Å²) in [6.07, 6.45) is -9.47. The van der Waals surface area contributed by atoms with Crippen LogP contribution >= 0.6 is 0 Å². The van der Waals surface area contributed by atoms with Gasteiger partial charge in [0.25, 0.3) is 5.91 Å². The van der Waals surface area contributed by atoms with Crippen LogP contribution in [0.2, 0.25) is 0 Å². The zero-order valence-corrected chi connectivity index (χ0v) is 19.6. The molecular weight excluding hydrogens is 518 g/mol. The second kappa shape index (κ2) is 11.4. The van der Waals surface area contributed by atoms with Gasteiger partial charge >= 0.3 is 12.5 Å². The van der Waals surface area contributed by atoms with Crippen molar-refractivity contribution in [1.29, 1.82) is 0 Å². The molecule has 0 bridgehead atoms. The molecule has 0 radical (unpaired) electrons. The normalized spacial score (nSPS) is 13.9. The number of nitroso groups, excluding NO2 is 1. The average Bonchev–Trinajstić information content (AvgIpc) is 2.84. The molecule has 0 fully saturated rings. The summed E-state index contributed by atoms with van der Waals surface area (Å²) in [6.45, 7) is 0.934. The molecule has 0 aromatic heterocycles. The Morgan fingerprint density at radius 1 is 0.921 bits per heavy atom. The highest BCUT2D eigenvalue weighted by Crippen LogP contribution is 2.38. The lowest BCUT2D eigenvalue weighted by atomic mass is 9.77. The standard InChI is InChI=1S/C26H20F6N2O4/c1-15(35)22(34-37)23(36)33-25(14-16-5-3-2-4-6-16,17-7-9-19(27)10-8-17)18-11-20(28)13-21(12-18)38-26(31,32)24(29)30/h2-13,22,24H,14H2,1H3,(H,33,36)/t22?,25-/m1/s1. The van der Waals surface area contributed by atoms with Gasteiger partial charge in [0.05, 0.1) is 5.54 Å². The first kappa shape index (κ1) is 28.4. The fraction of sp³-hybridized carbons (Fsp3) is 0.231. The minimum absolute atomic E-state index is 0.0708. The molecule has 0 aliphatic rings. The Morgan fingerprint density at radius 3 is 2.11 bits per heavy atom. The molecule has 3 aromatic rings. The lowest BCUT2D eigenvalue weighted by molar-refractivity contribution is -0.253. The number of nitrogens with one attached hydrogen (secondary N) is 1. The maximum absolute atomic E-state index is 14.7. The predicted octanol–water partition coefficient (Wildman–Crippen LogP) is 5.53. The third kappa shape index (κ3) is 6.36. The van der Waals surface area contributed by atoms with E-state index in [0.29, 0.717) is 11.6 Å². The van der Waals surface area contributed by atoms with Crippen molar-refractivity contribution in [2.75, 3.05) is 0 Å². The largest absolute Gasteiger partial charge is 0.461 e. The quantitative estimate of drug-likeness (QED) is 0.198. The van der Waals surface area contributed by atoms with Gasteiger partial charge in [-0.15, -0.1) is 4.91 Å². The van der Waals surface area contributed by atoms with Gasteiger partial charge in [-0.2, -0.15) is 17.6 Å². The monoisotopic (exact) mass is 538 g/mol. The van der Waals surface area contributed by atoms with Crippen molar-refractivity contribution in [3.05, 3.63) is 106 Å². The Balaban J connectivity index is 2.30. The van der Waals surface area contributed by atoms with Crippen LogP contribution in [0.5, 0.6) is 5.75 Å². The Bertz CT molecular complexity index is 1300. The Morgan fingerprint density at radius 2 is 1.55 bits per heavy atom. The van der Waals surface area contributed by atoms with Gasteiger partial charge in [0.2, 0.25) is 6.04 Å². The molecular formula is C26H20F6N2O4. The Kier molecular flexibility index (Phi) is 8.54. The number of amides is 1. The van der Waals surface area contributed by atoms with Crippen LogP contribution in [0, 0.1) is 16.5 Å². The van der Waals surface area contributed by atoms with Crippen molar-refractivity contribution in [3.8, 4) is 5.75 Å². The second-order valence-electron chi connectivity index (χ2n) is 8.32. The number of benzene rings is 3. The summed E-state index contributed by atoms with van der Waals surface area (Å²) in [4.78, 5) is 36.2. The number of ketones is 1. The van der Waals surface area contributed by atoms with E-state index in [1.807, 2.05) is 0 Å². The van der Waals surface area contributed by atoms with Gasteiger partial charge in [-0.25, -0.2) is 8.78 Å². The average molecular weight is 538 g/mol. The third-order valence-corrected chi connectivity index (χ3v) is 5.60. The van der Waals surface area contributed by atoms with E-state index < -0.39 is 53.2 Å². The van der Waals surface area contributed by atoms with Crippen LogP contribution in [-0.2, 0) is 21.5 Å². The summed E-state index contributed by atoms with van der Waals surface area (Å²) in [5, 5.41) is 5.00. The molecule has 0 heterocycles. The number of ether oxygens (including phenoxy) is 1. The van der Waals surface area contributed by atoms with E-state index in [1.165, 1.54) is 12.1 Å². The molecule has 12 heteroatoms. The van der Waals surface area contributed by atoms with Crippen LogP contribution in [0.1, 0.15) is 23.6 Å². The number of hydrogen-bond acceptors (Lipinski definition) is 5. The van der Waals surface area contributed by atoms with Crippen molar-refractivity contribution in [3.63, 3.8) is 0 Å². The van der Waals surface area contributed by atoms with Crippen LogP contribution in [0.4, 0.5) is 26.3 Å². The zero-order chi connectivity index (χ0) is 28.1. The first-order valence-electron chi connectivity index (χ1n) is 11.0. The number of nitrogens with zero attached hydrogens (tertiary/aromatic N) is 1. The predicted molar refractivity (Wildman–Crippen MR) is 124 cm³/mol. The number of carbonyl (C=O) groups is 2. The fourth-order valence-electron chi connectivity index (χ4n) is 3.85. The third-order valence-electron chi connectivity index (χ3n) is 5.60. The van der Waals surface area contributed by atoms with Crippen molar-refractivity contribution in [2.24, 2.45) is 5.18 Å². The van der Waals surface area contributed by atoms with Crippen molar-refractivity contribution < 1.29 is 40.7 Å². The maximum Gasteiger partial charge on any atom is 0.461 e. The molecule has 0 aliphatic carbocycles.